The van der Waals surface area contributed by atoms with Gasteiger partial charge in [0.05, 0.1) is 19.0 Å². The molecule has 0 bridgehead atoms. The second-order valence-corrected chi connectivity index (χ2v) is 5.65. The summed E-state index contributed by atoms with van der Waals surface area (Å²) in [6.07, 6.45) is 1.69. The number of para-hydroxylation sites is 1. The van der Waals surface area contributed by atoms with E-state index in [0.29, 0.717) is 11.8 Å². The van der Waals surface area contributed by atoms with Gasteiger partial charge in [0, 0.05) is 23.0 Å². The van der Waals surface area contributed by atoms with E-state index >= 15 is 0 Å². The van der Waals surface area contributed by atoms with Crippen LogP contribution in [0.2, 0.25) is 0 Å². The Hall–Kier alpha value is -3.22. The van der Waals surface area contributed by atoms with Gasteiger partial charge in [0.2, 0.25) is 0 Å². The molecule has 2 aromatic heterocycles. The lowest BCUT2D eigenvalue weighted by Crippen LogP contribution is -2.08. The van der Waals surface area contributed by atoms with Crippen LogP contribution in [0.1, 0.15) is 22.6 Å². The number of ether oxygens (including phenoxy) is 1. The molecule has 0 saturated heterocycles. The van der Waals surface area contributed by atoms with Crippen molar-refractivity contribution in [2.24, 2.45) is 5.10 Å². The maximum Gasteiger partial charge on any atom is 0.253 e. The van der Waals surface area contributed by atoms with Crippen molar-refractivity contribution in [1.82, 2.24) is 19.7 Å². The zero-order valence-corrected chi connectivity index (χ0v) is 14.7. The van der Waals surface area contributed by atoms with Gasteiger partial charge in [0.1, 0.15) is 5.75 Å². The molecule has 0 aliphatic rings. The fourth-order valence-electron chi connectivity index (χ4n) is 2.48. The molecule has 0 spiro atoms. The van der Waals surface area contributed by atoms with Crippen LogP contribution in [0.25, 0.3) is 5.95 Å². The Morgan fingerprint density at radius 2 is 1.88 bits per heavy atom. The highest BCUT2D eigenvalue weighted by atomic mass is 16.5. The van der Waals surface area contributed by atoms with Crippen molar-refractivity contribution in [2.75, 3.05) is 12.5 Å². The van der Waals surface area contributed by atoms with E-state index in [4.69, 9.17) is 4.74 Å². The molecule has 1 aromatic carbocycles. The van der Waals surface area contributed by atoms with Crippen molar-refractivity contribution in [3.8, 4) is 11.7 Å². The first kappa shape index (κ1) is 16.6. The second-order valence-electron chi connectivity index (χ2n) is 5.65. The molecule has 0 saturated carbocycles. The zero-order chi connectivity index (χ0) is 17.8. The fraction of sp³-hybridized carbons (Fsp3) is 0.222. The highest BCUT2D eigenvalue weighted by molar-refractivity contribution is 5.83. The van der Waals surface area contributed by atoms with Crippen LogP contribution in [-0.4, -0.2) is 33.1 Å². The van der Waals surface area contributed by atoms with Crippen molar-refractivity contribution >= 4 is 12.0 Å². The lowest BCUT2D eigenvalue weighted by molar-refractivity contribution is 0.414. The van der Waals surface area contributed by atoms with Crippen molar-refractivity contribution in [2.45, 2.75) is 20.8 Å². The number of rotatable bonds is 5. The predicted molar refractivity (Wildman–Crippen MR) is 97.6 cm³/mol. The summed E-state index contributed by atoms with van der Waals surface area (Å²) in [5.41, 5.74) is 6.55. The van der Waals surface area contributed by atoms with Crippen molar-refractivity contribution in [3.05, 3.63) is 59.0 Å². The molecule has 0 amide bonds. The van der Waals surface area contributed by atoms with Gasteiger partial charge in [-0.3, -0.25) is 5.43 Å². The van der Waals surface area contributed by atoms with Crippen LogP contribution in [-0.2, 0) is 0 Å². The third-order valence-electron chi connectivity index (χ3n) is 3.56. The number of hydrogen-bond donors (Lipinski definition) is 1. The summed E-state index contributed by atoms with van der Waals surface area (Å²) in [6, 6.07) is 11.5. The Kier molecular flexibility index (Phi) is 4.74. The first-order valence-electron chi connectivity index (χ1n) is 7.88. The van der Waals surface area contributed by atoms with E-state index in [2.05, 4.69) is 25.6 Å². The van der Waals surface area contributed by atoms with Gasteiger partial charge in [0.15, 0.2) is 5.82 Å². The SMILES string of the molecule is COc1ccccc1/C=N\Nc1cc(C)nc(-n2nc(C)cc2C)n1. The summed E-state index contributed by atoms with van der Waals surface area (Å²) in [5.74, 6) is 1.87. The average Bonchev–Trinajstić information content (AvgIpc) is 2.93. The molecule has 1 N–H and O–H groups in total. The normalized spacial score (nSPS) is 11.0. The largest absolute Gasteiger partial charge is 0.496 e. The van der Waals surface area contributed by atoms with Gasteiger partial charge in [-0.2, -0.15) is 15.2 Å². The Morgan fingerprint density at radius 1 is 1.08 bits per heavy atom. The molecule has 7 nitrogen and oxygen atoms in total. The van der Waals surface area contributed by atoms with Gasteiger partial charge >= 0.3 is 0 Å². The van der Waals surface area contributed by atoms with Gasteiger partial charge in [-0.25, -0.2) is 9.67 Å². The Balaban J connectivity index is 1.84. The Bertz CT molecular complexity index is 916. The van der Waals surface area contributed by atoms with Crippen LogP contribution in [0.3, 0.4) is 0 Å². The van der Waals surface area contributed by atoms with Gasteiger partial charge in [-0.05, 0) is 39.0 Å². The van der Waals surface area contributed by atoms with E-state index in [1.165, 1.54) is 0 Å². The van der Waals surface area contributed by atoms with E-state index in [0.717, 1.165) is 28.4 Å². The highest BCUT2D eigenvalue weighted by Gasteiger charge is 2.08. The Morgan fingerprint density at radius 3 is 2.60 bits per heavy atom. The number of aromatic nitrogens is 4. The fourth-order valence-corrected chi connectivity index (χ4v) is 2.48. The number of aryl methyl sites for hydroxylation is 3. The molecule has 3 aromatic rings. The molecule has 7 heteroatoms. The molecule has 128 valence electrons. The maximum absolute atomic E-state index is 5.30. The average molecular weight is 336 g/mol. The third kappa shape index (κ3) is 3.82. The Labute approximate surface area is 146 Å². The molecular weight excluding hydrogens is 316 g/mol. The van der Waals surface area contributed by atoms with Crippen LogP contribution in [0.4, 0.5) is 5.82 Å². The van der Waals surface area contributed by atoms with Gasteiger partial charge in [0.25, 0.3) is 5.95 Å². The molecule has 2 heterocycles. The lowest BCUT2D eigenvalue weighted by atomic mass is 10.2. The molecule has 0 aliphatic carbocycles. The first-order chi connectivity index (χ1) is 12.1. The minimum atomic E-state index is 0.514. The first-order valence-corrected chi connectivity index (χ1v) is 7.88. The maximum atomic E-state index is 5.30. The summed E-state index contributed by atoms with van der Waals surface area (Å²) < 4.78 is 7.02. The lowest BCUT2D eigenvalue weighted by Gasteiger charge is -2.07. The van der Waals surface area contributed by atoms with E-state index in [1.807, 2.05) is 57.2 Å². The molecule has 25 heavy (non-hydrogen) atoms. The number of hydrazone groups is 1. The monoisotopic (exact) mass is 336 g/mol. The van der Waals surface area contributed by atoms with Crippen LogP contribution >= 0.6 is 0 Å². The van der Waals surface area contributed by atoms with Crippen LogP contribution in [0.5, 0.6) is 5.75 Å². The number of hydrogen-bond acceptors (Lipinski definition) is 6. The van der Waals surface area contributed by atoms with E-state index < -0.39 is 0 Å². The van der Waals surface area contributed by atoms with Gasteiger partial charge in [-0.15, -0.1) is 0 Å². The van der Waals surface area contributed by atoms with Crippen molar-refractivity contribution in [1.29, 1.82) is 0 Å². The molecule has 0 atom stereocenters. The molecular formula is C18H20N6O. The van der Waals surface area contributed by atoms with Crippen LogP contribution in [0.15, 0.2) is 41.5 Å². The smallest absolute Gasteiger partial charge is 0.253 e. The van der Waals surface area contributed by atoms with Gasteiger partial charge < -0.3 is 4.74 Å². The number of anilines is 1. The molecule has 0 unspecified atom stereocenters. The van der Waals surface area contributed by atoms with Crippen LogP contribution in [0, 0.1) is 20.8 Å². The standard InChI is InChI=1S/C18H20N6O/c1-12-10-17(21-18(20-12)24-14(3)9-13(2)23-24)22-19-11-15-7-5-6-8-16(15)25-4/h5-11H,1-4H3,(H,20,21,22)/b19-11-. The minimum absolute atomic E-state index is 0.514. The number of nitrogens with zero attached hydrogens (tertiary/aromatic N) is 5. The third-order valence-corrected chi connectivity index (χ3v) is 3.56. The van der Waals surface area contributed by atoms with Crippen molar-refractivity contribution < 1.29 is 4.74 Å². The molecule has 0 radical (unpaired) electrons. The van der Waals surface area contributed by atoms with Gasteiger partial charge in [-0.1, -0.05) is 12.1 Å². The number of methoxy groups -OCH3 is 1. The van der Waals surface area contributed by atoms with E-state index in [-0.39, 0.29) is 0 Å². The number of nitrogens with one attached hydrogen (secondary N) is 1. The predicted octanol–water partition coefficient (Wildman–Crippen LogP) is 3.04. The quantitative estimate of drug-likeness (QED) is 0.572. The van der Waals surface area contributed by atoms with Crippen molar-refractivity contribution in [3.63, 3.8) is 0 Å². The summed E-state index contributed by atoms with van der Waals surface area (Å²) in [7, 11) is 1.63. The topological polar surface area (TPSA) is 77.2 Å². The molecule has 3 rings (SSSR count). The summed E-state index contributed by atoms with van der Waals surface area (Å²) in [5, 5.41) is 8.67. The molecule has 0 aliphatic heterocycles. The summed E-state index contributed by atoms with van der Waals surface area (Å²) in [6.45, 7) is 5.82. The second kappa shape index (κ2) is 7.12. The highest BCUT2D eigenvalue weighted by Crippen LogP contribution is 2.15. The summed E-state index contributed by atoms with van der Waals surface area (Å²) >= 11 is 0. The van der Waals surface area contributed by atoms with E-state index in [9.17, 15) is 0 Å². The minimum Gasteiger partial charge on any atom is -0.496 e. The molecule has 0 fully saturated rings. The zero-order valence-electron chi connectivity index (χ0n) is 14.7. The van der Waals surface area contributed by atoms with E-state index in [1.54, 1.807) is 18.0 Å². The van der Waals surface area contributed by atoms with Crippen LogP contribution < -0.4 is 10.2 Å². The number of benzene rings is 1. The summed E-state index contributed by atoms with van der Waals surface area (Å²) in [4.78, 5) is 8.93.